The van der Waals surface area contributed by atoms with Gasteiger partial charge in [-0.25, -0.2) is 17.6 Å². The van der Waals surface area contributed by atoms with Crippen LogP contribution in [0.4, 0.5) is 30.7 Å². The fourth-order valence-electron chi connectivity index (χ4n) is 4.58. The van der Waals surface area contributed by atoms with Gasteiger partial charge in [-0.1, -0.05) is 0 Å². The molecule has 0 aromatic carbocycles. The van der Waals surface area contributed by atoms with Gasteiger partial charge in [-0.3, -0.25) is 4.79 Å². The molecule has 3 rings (SSSR count). The molecule has 2 nitrogen and oxygen atoms in total. The van der Waals surface area contributed by atoms with Crippen molar-refractivity contribution in [3.63, 3.8) is 0 Å². The van der Waals surface area contributed by atoms with Crippen LogP contribution in [-0.4, -0.2) is 30.6 Å². The number of hydrogen-bond donors (Lipinski definition) is 0. The third kappa shape index (κ3) is 3.74. The average molecular weight is 376 g/mol. The van der Waals surface area contributed by atoms with Gasteiger partial charge < -0.3 is 4.74 Å². The Kier molecular flexibility index (Phi) is 4.31. The predicted octanol–water partition coefficient (Wildman–Crippen LogP) is 4.97. The summed E-state index contributed by atoms with van der Waals surface area (Å²) in [4.78, 5) is 12.1. The van der Waals surface area contributed by atoms with Gasteiger partial charge in [0.2, 0.25) is 5.92 Å². The summed E-state index contributed by atoms with van der Waals surface area (Å²) >= 11 is 0. The first-order chi connectivity index (χ1) is 11.3. The molecule has 0 aliphatic heterocycles. The molecular formula is C16H19F7O2. The second-order valence-corrected chi connectivity index (χ2v) is 7.76. The summed E-state index contributed by atoms with van der Waals surface area (Å²) < 4.78 is 95.1. The molecule has 0 bridgehead atoms. The molecule has 3 atom stereocenters. The molecule has 3 aliphatic rings. The van der Waals surface area contributed by atoms with Gasteiger partial charge in [0.1, 0.15) is 0 Å². The van der Waals surface area contributed by atoms with Crippen molar-refractivity contribution in [1.29, 1.82) is 0 Å². The van der Waals surface area contributed by atoms with Gasteiger partial charge in [0.15, 0.2) is 6.61 Å². The minimum Gasteiger partial charge on any atom is -0.456 e. The zero-order chi connectivity index (χ0) is 18.7. The van der Waals surface area contributed by atoms with Crippen LogP contribution in [0.2, 0.25) is 0 Å². The number of esters is 1. The molecule has 3 aliphatic carbocycles. The second kappa shape index (κ2) is 5.74. The Bertz CT molecular complexity index is 535. The third-order valence-electron chi connectivity index (χ3n) is 6.01. The highest BCUT2D eigenvalue weighted by Crippen LogP contribution is 2.72. The molecule has 0 heterocycles. The quantitative estimate of drug-likeness (QED) is 0.514. The lowest BCUT2D eigenvalue weighted by molar-refractivity contribution is -0.190. The van der Waals surface area contributed by atoms with Crippen molar-refractivity contribution in [2.24, 2.45) is 23.2 Å². The van der Waals surface area contributed by atoms with Crippen LogP contribution in [0, 0.1) is 23.2 Å². The van der Waals surface area contributed by atoms with Gasteiger partial charge in [0, 0.05) is 24.7 Å². The number of alkyl halides is 7. The molecule has 3 fully saturated rings. The number of carbonyl (C=O) groups is 1. The Morgan fingerprint density at radius 3 is 2.08 bits per heavy atom. The number of ether oxygens (including phenoxy) is 1. The zero-order valence-corrected chi connectivity index (χ0v) is 13.4. The largest absolute Gasteiger partial charge is 0.456 e. The van der Waals surface area contributed by atoms with Crippen LogP contribution in [0.1, 0.15) is 44.9 Å². The Morgan fingerprint density at radius 1 is 1.04 bits per heavy atom. The van der Waals surface area contributed by atoms with E-state index in [0.29, 0.717) is 0 Å². The molecule has 9 heteroatoms. The van der Waals surface area contributed by atoms with E-state index < -0.39 is 54.3 Å². The fourth-order valence-corrected chi connectivity index (χ4v) is 4.58. The number of halogens is 7. The highest BCUT2D eigenvalue weighted by molar-refractivity contribution is 5.73. The zero-order valence-electron chi connectivity index (χ0n) is 13.4. The maximum Gasteiger partial charge on any atom is 0.422 e. The van der Waals surface area contributed by atoms with Crippen molar-refractivity contribution in [2.75, 3.05) is 6.61 Å². The first kappa shape index (κ1) is 18.8. The summed E-state index contributed by atoms with van der Waals surface area (Å²) in [6.07, 6.45) is -5.94. The molecule has 0 aromatic rings. The van der Waals surface area contributed by atoms with Gasteiger partial charge in [-0.15, -0.1) is 0 Å². The van der Waals surface area contributed by atoms with Crippen LogP contribution in [-0.2, 0) is 9.53 Å². The van der Waals surface area contributed by atoms with Crippen molar-refractivity contribution in [3.8, 4) is 0 Å². The molecule has 0 radical (unpaired) electrons. The Morgan fingerprint density at radius 2 is 1.60 bits per heavy atom. The van der Waals surface area contributed by atoms with Crippen molar-refractivity contribution in [2.45, 2.75) is 63.0 Å². The molecule has 144 valence electrons. The van der Waals surface area contributed by atoms with E-state index in [1.54, 1.807) is 0 Å². The summed E-state index contributed by atoms with van der Waals surface area (Å²) in [6.45, 7) is -1.76. The van der Waals surface area contributed by atoms with Gasteiger partial charge in [0.05, 0.1) is 5.92 Å². The smallest absolute Gasteiger partial charge is 0.422 e. The van der Waals surface area contributed by atoms with Crippen LogP contribution < -0.4 is 0 Å². The first-order valence-corrected chi connectivity index (χ1v) is 8.33. The maximum atomic E-state index is 13.7. The van der Waals surface area contributed by atoms with E-state index in [4.69, 9.17) is 0 Å². The maximum absolute atomic E-state index is 13.7. The van der Waals surface area contributed by atoms with Gasteiger partial charge in [-0.05, 0) is 37.5 Å². The van der Waals surface area contributed by atoms with Crippen LogP contribution >= 0.6 is 0 Å². The van der Waals surface area contributed by atoms with Crippen molar-refractivity contribution >= 4 is 5.97 Å². The Hall–Kier alpha value is -1.02. The Labute approximate surface area is 140 Å². The number of rotatable bonds is 3. The average Bonchev–Trinajstić information content (AvgIpc) is 2.81. The van der Waals surface area contributed by atoms with E-state index in [-0.39, 0.29) is 44.4 Å². The highest BCUT2D eigenvalue weighted by atomic mass is 19.4. The molecular weight excluding hydrogens is 357 g/mol. The van der Waals surface area contributed by atoms with E-state index >= 15 is 0 Å². The number of carbonyl (C=O) groups excluding carboxylic acids is 1. The minimum absolute atomic E-state index is 0.0119. The predicted molar refractivity (Wildman–Crippen MR) is 72.1 cm³/mol. The monoisotopic (exact) mass is 376 g/mol. The molecule has 3 saturated carbocycles. The van der Waals surface area contributed by atoms with E-state index in [1.807, 2.05) is 0 Å². The molecule has 3 unspecified atom stereocenters. The Balaban J connectivity index is 1.71. The van der Waals surface area contributed by atoms with E-state index in [9.17, 15) is 35.5 Å². The topological polar surface area (TPSA) is 26.3 Å². The molecule has 0 amide bonds. The van der Waals surface area contributed by atoms with E-state index in [1.165, 1.54) is 0 Å². The van der Waals surface area contributed by atoms with Crippen molar-refractivity contribution < 1.29 is 40.3 Å². The standard InChI is InChI=1S/C16H19F7O2/c17-14(18)3-1-9(2-4-14)10-5-13(7-15(13,19)20)6-11(10)12(24)25-8-16(21,22)23/h9-11H,1-8H2. The summed E-state index contributed by atoms with van der Waals surface area (Å²) in [5.41, 5.74) is -1.38. The second-order valence-electron chi connectivity index (χ2n) is 7.76. The summed E-state index contributed by atoms with van der Waals surface area (Å²) in [5, 5.41) is 0. The lowest BCUT2D eigenvalue weighted by Gasteiger charge is -2.34. The highest BCUT2D eigenvalue weighted by Gasteiger charge is 2.75. The summed E-state index contributed by atoms with van der Waals surface area (Å²) in [6, 6.07) is 0. The molecule has 0 saturated heterocycles. The van der Waals surface area contributed by atoms with Gasteiger partial charge in [-0.2, -0.15) is 13.2 Å². The van der Waals surface area contributed by atoms with E-state index in [2.05, 4.69) is 4.74 Å². The molecule has 25 heavy (non-hydrogen) atoms. The lowest BCUT2D eigenvalue weighted by atomic mass is 9.74. The van der Waals surface area contributed by atoms with Gasteiger partial charge >= 0.3 is 12.1 Å². The van der Waals surface area contributed by atoms with Crippen LogP contribution in [0.3, 0.4) is 0 Å². The number of hydrogen-bond acceptors (Lipinski definition) is 2. The fraction of sp³-hybridized carbons (Fsp3) is 0.938. The first-order valence-electron chi connectivity index (χ1n) is 8.33. The van der Waals surface area contributed by atoms with Gasteiger partial charge in [0.25, 0.3) is 5.92 Å². The van der Waals surface area contributed by atoms with Crippen molar-refractivity contribution in [3.05, 3.63) is 0 Å². The molecule has 1 spiro atoms. The normalized spacial score (nSPS) is 37.2. The molecule has 0 N–H and O–H groups in total. The lowest BCUT2D eigenvalue weighted by Crippen LogP contribution is -2.33. The summed E-state index contributed by atoms with van der Waals surface area (Å²) in [5.74, 6) is -8.94. The SMILES string of the molecule is O=C(OCC(F)(F)F)C1CC2(CC1C1CCC(F)(F)CC1)CC2(F)F. The molecule has 0 aromatic heterocycles. The van der Waals surface area contributed by atoms with E-state index in [0.717, 1.165) is 0 Å². The summed E-state index contributed by atoms with van der Waals surface area (Å²) in [7, 11) is 0. The van der Waals surface area contributed by atoms with Crippen LogP contribution in [0.15, 0.2) is 0 Å². The van der Waals surface area contributed by atoms with Crippen LogP contribution in [0.5, 0.6) is 0 Å². The van der Waals surface area contributed by atoms with Crippen LogP contribution in [0.25, 0.3) is 0 Å². The van der Waals surface area contributed by atoms with Crippen molar-refractivity contribution in [1.82, 2.24) is 0 Å². The minimum atomic E-state index is -4.70. The third-order valence-corrected chi connectivity index (χ3v) is 6.01.